The van der Waals surface area contributed by atoms with Crippen LogP contribution in [-0.4, -0.2) is 20.3 Å². The molecule has 1 amide bonds. The maximum atomic E-state index is 13.3. The molecule has 0 atom stereocenters. The Labute approximate surface area is 154 Å². The van der Waals surface area contributed by atoms with Gasteiger partial charge in [-0.15, -0.1) is 0 Å². The minimum absolute atomic E-state index is 0.263. The zero-order valence-corrected chi connectivity index (χ0v) is 14.6. The lowest BCUT2D eigenvalue weighted by Gasteiger charge is -2.11. The molecule has 0 radical (unpaired) electrons. The number of nitrogens with zero attached hydrogens (tertiary/aromatic N) is 3. The average molecular weight is 364 g/mol. The Hall–Kier alpha value is -3.61. The van der Waals surface area contributed by atoms with E-state index in [9.17, 15) is 9.18 Å². The van der Waals surface area contributed by atoms with Crippen LogP contribution < -0.4 is 5.32 Å². The highest BCUT2D eigenvalue weighted by Gasteiger charge is 2.23. The standard InChI is InChI=1S/C20H17FN4O2/c1-14-18(19(26)22-13-17-5-4-12-27-17)20(24-10-2-3-11-24)25(23-14)16-8-6-15(21)7-9-16/h2-12H,13H2,1H3,(H,22,26). The number of aromatic nitrogens is 3. The predicted molar refractivity (Wildman–Crippen MR) is 97.5 cm³/mol. The molecule has 136 valence electrons. The van der Waals surface area contributed by atoms with Gasteiger partial charge in [-0.1, -0.05) is 0 Å². The van der Waals surface area contributed by atoms with Gasteiger partial charge in [0.05, 0.1) is 24.2 Å². The highest BCUT2D eigenvalue weighted by atomic mass is 19.1. The molecular weight excluding hydrogens is 347 g/mol. The number of furan rings is 1. The zero-order valence-electron chi connectivity index (χ0n) is 14.6. The van der Waals surface area contributed by atoms with Crippen molar-refractivity contribution in [1.82, 2.24) is 19.7 Å². The van der Waals surface area contributed by atoms with Crippen molar-refractivity contribution < 1.29 is 13.6 Å². The summed E-state index contributed by atoms with van der Waals surface area (Å²) in [5, 5.41) is 7.38. The topological polar surface area (TPSA) is 65.0 Å². The molecule has 1 N–H and O–H groups in total. The van der Waals surface area contributed by atoms with Gasteiger partial charge in [-0.05, 0) is 55.5 Å². The Balaban J connectivity index is 1.76. The van der Waals surface area contributed by atoms with Crippen LogP contribution in [0.2, 0.25) is 0 Å². The summed E-state index contributed by atoms with van der Waals surface area (Å²) in [6.45, 7) is 2.05. The van der Waals surface area contributed by atoms with E-state index in [0.717, 1.165) is 0 Å². The van der Waals surface area contributed by atoms with E-state index in [1.54, 1.807) is 42.1 Å². The normalized spacial score (nSPS) is 10.9. The lowest BCUT2D eigenvalue weighted by Crippen LogP contribution is -2.24. The Morgan fingerprint density at radius 1 is 1.15 bits per heavy atom. The van der Waals surface area contributed by atoms with Gasteiger partial charge < -0.3 is 14.3 Å². The molecule has 0 fully saturated rings. The molecule has 6 nitrogen and oxygen atoms in total. The van der Waals surface area contributed by atoms with Crippen LogP contribution in [0.4, 0.5) is 4.39 Å². The summed E-state index contributed by atoms with van der Waals surface area (Å²) in [6.07, 6.45) is 5.23. The highest BCUT2D eigenvalue weighted by molar-refractivity contribution is 5.98. The first-order valence-electron chi connectivity index (χ1n) is 8.43. The summed E-state index contributed by atoms with van der Waals surface area (Å²) in [4.78, 5) is 12.9. The molecule has 4 aromatic rings. The molecular formula is C20H17FN4O2. The van der Waals surface area contributed by atoms with Crippen molar-refractivity contribution in [3.8, 4) is 11.5 Å². The first kappa shape index (κ1) is 16.8. The van der Waals surface area contributed by atoms with E-state index in [1.165, 1.54) is 12.1 Å². The van der Waals surface area contributed by atoms with Crippen molar-refractivity contribution in [2.24, 2.45) is 0 Å². The van der Waals surface area contributed by atoms with Gasteiger partial charge >= 0.3 is 0 Å². The molecule has 0 aliphatic heterocycles. The van der Waals surface area contributed by atoms with E-state index >= 15 is 0 Å². The zero-order chi connectivity index (χ0) is 18.8. The van der Waals surface area contributed by atoms with E-state index in [4.69, 9.17) is 4.42 Å². The summed E-state index contributed by atoms with van der Waals surface area (Å²) >= 11 is 0. The fourth-order valence-corrected chi connectivity index (χ4v) is 2.93. The fraction of sp³-hybridized carbons (Fsp3) is 0.100. The Morgan fingerprint density at radius 3 is 2.56 bits per heavy atom. The SMILES string of the molecule is Cc1nn(-c2ccc(F)cc2)c(-n2cccc2)c1C(=O)NCc1ccco1. The fourth-order valence-electron chi connectivity index (χ4n) is 2.93. The largest absolute Gasteiger partial charge is 0.467 e. The summed E-state index contributed by atoms with van der Waals surface area (Å²) in [5.74, 6) is 0.651. The van der Waals surface area contributed by atoms with Crippen molar-refractivity contribution in [2.45, 2.75) is 13.5 Å². The van der Waals surface area contributed by atoms with Crippen LogP contribution in [0.15, 0.2) is 71.6 Å². The Bertz CT molecular complexity index is 1050. The number of nitrogens with one attached hydrogen (secondary N) is 1. The Kier molecular flexibility index (Phi) is 4.33. The second-order valence-corrected chi connectivity index (χ2v) is 6.02. The minimum atomic E-state index is -0.332. The van der Waals surface area contributed by atoms with Crippen molar-refractivity contribution in [3.05, 3.63) is 90.0 Å². The lowest BCUT2D eigenvalue weighted by molar-refractivity contribution is 0.0947. The summed E-state index contributed by atoms with van der Waals surface area (Å²) in [6, 6.07) is 13.3. The summed E-state index contributed by atoms with van der Waals surface area (Å²) in [5.41, 5.74) is 1.68. The van der Waals surface area contributed by atoms with E-state index in [2.05, 4.69) is 10.4 Å². The minimum Gasteiger partial charge on any atom is -0.467 e. The van der Waals surface area contributed by atoms with Gasteiger partial charge in [-0.3, -0.25) is 4.79 Å². The molecule has 0 saturated carbocycles. The number of aryl methyl sites for hydroxylation is 1. The smallest absolute Gasteiger partial charge is 0.257 e. The molecule has 3 aromatic heterocycles. The van der Waals surface area contributed by atoms with E-state index in [0.29, 0.717) is 28.5 Å². The van der Waals surface area contributed by atoms with Gasteiger partial charge in [0, 0.05) is 12.4 Å². The number of hydrogen-bond acceptors (Lipinski definition) is 3. The van der Waals surface area contributed by atoms with Crippen LogP contribution in [0.5, 0.6) is 0 Å². The van der Waals surface area contributed by atoms with Gasteiger partial charge in [0.25, 0.3) is 5.91 Å². The van der Waals surface area contributed by atoms with Gasteiger partial charge in [0.1, 0.15) is 17.1 Å². The van der Waals surface area contributed by atoms with Crippen molar-refractivity contribution in [2.75, 3.05) is 0 Å². The van der Waals surface area contributed by atoms with E-state index < -0.39 is 0 Å². The second kappa shape index (κ2) is 6.95. The summed E-state index contributed by atoms with van der Waals surface area (Å²) in [7, 11) is 0. The van der Waals surface area contributed by atoms with Crippen molar-refractivity contribution >= 4 is 5.91 Å². The maximum absolute atomic E-state index is 13.3. The molecule has 0 aliphatic carbocycles. The predicted octanol–water partition coefficient (Wildman–Crippen LogP) is 3.63. The quantitative estimate of drug-likeness (QED) is 0.588. The molecule has 4 rings (SSSR count). The maximum Gasteiger partial charge on any atom is 0.257 e. The molecule has 0 unspecified atom stereocenters. The number of hydrogen-bond donors (Lipinski definition) is 1. The van der Waals surface area contributed by atoms with Crippen LogP contribution in [0, 0.1) is 12.7 Å². The first-order valence-corrected chi connectivity index (χ1v) is 8.43. The van der Waals surface area contributed by atoms with Crippen LogP contribution in [0.25, 0.3) is 11.5 Å². The molecule has 3 heterocycles. The number of benzene rings is 1. The molecule has 7 heteroatoms. The number of rotatable bonds is 5. The third-order valence-corrected chi connectivity index (χ3v) is 4.19. The van der Waals surface area contributed by atoms with E-state index in [-0.39, 0.29) is 18.3 Å². The molecule has 27 heavy (non-hydrogen) atoms. The Morgan fingerprint density at radius 2 is 1.89 bits per heavy atom. The van der Waals surface area contributed by atoms with Crippen LogP contribution in [0.1, 0.15) is 21.8 Å². The van der Waals surface area contributed by atoms with Gasteiger partial charge in [0.15, 0.2) is 5.82 Å². The van der Waals surface area contributed by atoms with Gasteiger partial charge in [0.2, 0.25) is 0 Å². The van der Waals surface area contributed by atoms with Crippen molar-refractivity contribution in [1.29, 1.82) is 0 Å². The molecule has 0 aliphatic rings. The number of halogens is 1. The van der Waals surface area contributed by atoms with Crippen LogP contribution >= 0.6 is 0 Å². The number of carbonyl (C=O) groups is 1. The van der Waals surface area contributed by atoms with Crippen LogP contribution in [-0.2, 0) is 6.54 Å². The average Bonchev–Trinajstić information content (AvgIpc) is 3.41. The number of amides is 1. The lowest BCUT2D eigenvalue weighted by atomic mass is 10.2. The first-order chi connectivity index (χ1) is 13.1. The molecule has 0 spiro atoms. The second-order valence-electron chi connectivity index (χ2n) is 6.02. The molecule has 0 bridgehead atoms. The van der Waals surface area contributed by atoms with Crippen molar-refractivity contribution in [3.63, 3.8) is 0 Å². The molecule has 1 aromatic carbocycles. The number of carbonyl (C=O) groups excluding carboxylic acids is 1. The van der Waals surface area contributed by atoms with Crippen LogP contribution in [0.3, 0.4) is 0 Å². The highest BCUT2D eigenvalue weighted by Crippen LogP contribution is 2.23. The summed E-state index contributed by atoms with van der Waals surface area (Å²) < 4.78 is 22.0. The van der Waals surface area contributed by atoms with Gasteiger partial charge in [-0.25, -0.2) is 9.07 Å². The monoisotopic (exact) mass is 364 g/mol. The molecule has 0 saturated heterocycles. The van der Waals surface area contributed by atoms with E-state index in [1.807, 2.05) is 29.1 Å². The van der Waals surface area contributed by atoms with Gasteiger partial charge in [-0.2, -0.15) is 5.10 Å². The third kappa shape index (κ3) is 3.27. The third-order valence-electron chi connectivity index (χ3n) is 4.19.